The Morgan fingerprint density at radius 1 is 1.28 bits per heavy atom. The lowest BCUT2D eigenvalue weighted by Crippen LogP contribution is -2.00. The fraction of sp³-hybridized carbons (Fsp3) is 0.143. The number of benzene rings is 1. The number of hydrogen-bond acceptors (Lipinski definition) is 4. The Bertz CT molecular complexity index is 693. The van der Waals surface area contributed by atoms with Crippen molar-refractivity contribution in [3.8, 4) is 0 Å². The number of hydrogen-bond donors (Lipinski definition) is 1. The molecule has 1 atom stereocenters. The molecule has 0 spiro atoms. The minimum Gasteiger partial charge on any atom is -0.381 e. The first-order valence-electron chi connectivity index (χ1n) is 5.69. The lowest BCUT2D eigenvalue weighted by Gasteiger charge is -2.08. The third-order valence-electron chi connectivity index (χ3n) is 2.80. The molecular weight excluding hydrogens is 244 g/mol. The molecule has 0 radical (unpaired) electrons. The minimum atomic E-state index is -0.694. The summed E-state index contributed by atoms with van der Waals surface area (Å²) in [5, 5.41) is 14.0. The molecule has 0 saturated carbocycles. The molecular formula is C14H12N2OS. The number of para-hydroxylation sites is 1. The van der Waals surface area contributed by atoms with Crippen molar-refractivity contribution >= 4 is 22.2 Å². The molecule has 3 rings (SSSR count). The van der Waals surface area contributed by atoms with E-state index >= 15 is 0 Å². The average Bonchev–Trinajstić information content (AvgIpc) is 2.84. The largest absolute Gasteiger partial charge is 0.381 e. The van der Waals surface area contributed by atoms with E-state index < -0.39 is 6.10 Å². The second-order valence-corrected chi connectivity index (χ2v) is 5.08. The minimum absolute atomic E-state index is 0.694. The first-order chi connectivity index (χ1) is 8.74. The van der Waals surface area contributed by atoms with Crippen LogP contribution in [0.2, 0.25) is 0 Å². The number of fused-ring (bicyclic) bond motifs is 1. The van der Waals surface area contributed by atoms with Crippen LogP contribution in [0.15, 0.2) is 41.9 Å². The number of aryl methyl sites for hydroxylation is 1. The van der Waals surface area contributed by atoms with Crippen molar-refractivity contribution in [2.75, 3.05) is 0 Å². The van der Waals surface area contributed by atoms with Gasteiger partial charge >= 0.3 is 0 Å². The van der Waals surface area contributed by atoms with Crippen LogP contribution in [-0.2, 0) is 0 Å². The van der Waals surface area contributed by atoms with E-state index in [2.05, 4.69) is 9.97 Å². The van der Waals surface area contributed by atoms with E-state index in [4.69, 9.17) is 0 Å². The van der Waals surface area contributed by atoms with E-state index in [1.54, 1.807) is 6.20 Å². The van der Waals surface area contributed by atoms with E-state index in [1.165, 1.54) is 11.3 Å². The molecule has 1 unspecified atom stereocenters. The molecule has 0 aliphatic carbocycles. The van der Waals surface area contributed by atoms with Crippen LogP contribution < -0.4 is 0 Å². The molecule has 2 heterocycles. The SMILES string of the molecule is Cc1csc(C(O)c2cnc3ccccc3c2)n1. The fourth-order valence-electron chi connectivity index (χ4n) is 1.88. The van der Waals surface area contributed by atoms with Gasteiger partial charge < -0.3 is 5.11 Å². The average molecular weight is 256 g/mol. The molecule has 2 aromatic heterocycles. The maximum Gasteiger partial charge on any atom is 0.132 e. The molecule has 90 valence electrons. The van der Waals surface area contributed by atoms with Gasteiger partial charge in [0.25, 0.3) is 0 Å². The number of pyridine rings is 1. The second-order valence-electron chi connectivity index (χ2n) is 4.19. The molecule has 3 aromatic rings. The topological polar surface area (TPSA) is 46.0 Å². The first-order valence-corrected chi connectivity index (χ1v) is 6.57. The Hall–Kier alpha value is -1.78. The van der Waals surface area contributed by atoms with Crippen LogP contribution in [0.3, 0.4) is 0 Å². The molecule has 3 nitrogen and oxygen atoms in total. The van der Waals surface area contributed by atoms with Crippen LogP contribution in [0.5, 0.6) is 0 Å². The lowest BCUT2D eigenvalue weighted by atomic mass is 10.1. The van der Waals surface area contributed by atoms with E-state index in [0.29, 0.717) is 5.01 Å². The summed E-state index contributed by atoms with van der Waals surface area (Å²) in [7, 11) is 0. The van der Waals surface area contributed by atoms with Gasteiger partial charge in [0.2, 0.25) is 0 Å². The number of aromatic nitrogens is 2. The highest BCUT2D eigenvalue weighted by Gasteiger charge is 2.14. The fourth-order valence-corrected chi connectivity index (χ4v) is 2.68. The monoisotopic (exact) mass is 256 g/mol. The summed E-state index contributed by atoms with van der Waals surface area (Å²) in [6, 6.07) is 9.83. The van der Waals surface area contributed by atoms with Gasteiger partial charge in [0.05, 0.1) is 5.52 Å². The van der Waals surface area contributed by atoms with Gasteiger partial charge in [-0.05, 0) is 19.1 Å². The van der Waals surface area contributed by atoms with Crippen LogP contribution in [0.4, 0.5) is 0 Å². The maximum absolute atomic E-state index is 10.3. The number of aliphatic hydroxyl groups excluding tert-OH is 1. The summed E-state index contributed by atoms with van der Waals surface area (Å²) < 4.78 is 0. The normalized spacial score (nSPS) is 12.8. The van der Waals surface area contributed by atoms with Crippen molar-refractivity contribution in [3.63, 3.8) is 0 Å². The standard InChI is InChI=1S/C14H12N2OS/c1-9-8-18-14(16-9)13(17)11-6-10-4-2-3-5-12(10)15-7-11/h2-8,13,17H,1H3. The smallest absolute Gasteiger partial charge is 0.132 e. The Morgan fingerprint density at radius 2 is 2.11 bits per heavy atom. The van der Waals surface area contributed by atoms with E-state index in [9.17, 15) is 5.11 Å². The van der Waals surface area contributed by atoms with Gasteiger partial charge in [-0.15, -0.1) is 11.3 Å². The lowest BCUT2D eigenvalue weighted by molar-refractivity contribution is 0.219. The van der Waals surface area contributed by atoms with Gasteiger partial charge in [-0.3, -0.25) is 4.98 Å². The highest BCUT2D eigenvalue weighted by Crippen LogP contribution is 2.26. The third kappa shape index (κ3) is 2.00. The van der Waals surface area contributed by atoms with Crippen molar-refractivity contribution in [2.45, 2.75) is 13.0 Å². The van der Waals surface area contributed by atoms with Crippen LogP contribution in [0.1, 0.15) is 22.4 Å². The Labute approximate surface area is 109 Å². The number of aliphatic hydroxyl groups is 1. The highest BCUT2D eigenvalue weighted by atomic mass is 32.1. The zero-order valence-electron chi connectivity index (χ0n) is 9.87. The van der Waals surface area contributed by atoms with Crippen molar-refractivity contribution in [3.05, 3.63) is 58.2 Å². The Morgan fingerprint density at radius 3 is 2.89 bits per heavy atom. The van der Waals surface area contributed by atoms with Gasteiger partial charge in [-0.1, -0.05) is 18.2 Å². The van der Waals surface area contributed by atoms with Gasteiger partial charge in [-0.25, -0.2) is 4.98 Å². The summed E-state index contributed by atoms with van der Waals surface area (Å²) in [5.41, 5.74) is 2.65. The Kier molecular flexibility index (Phi) is 2.81. The molecule has 1 N–H and O–H groups in total. The van der Waals surface area contributed by atoms with E-state index in [1.807, 2.05) is 42.6 Å². The maximum atomic E-state index is 10.3. The number of nitrogens with zero attached hydrogens (tertiary/aromatic N) is 2. The van der Waals surface area contributed by atoms with Crippen molar-refractivity contribution < 1.29 is 5.11 Å². The molecule has 1 aromatic carbocycles. The molecule has 0 aliphatic heterocycles. The first kappa shape index (κ1) is 11.3. The van der Waals surface area contributed by atoms with Gasteiger partial charge in [0.1, 0.15) is 11.1 Å². The zero-order valence-corrected chi connectivity index (χ0v) is 10.7. The number of rotatable bonds is 2. The van der Waals surface area contributed by atoms with Crippen molar-refractivity contribution in [1.82, 2.24) is 9.97 Å². The summed E-state index contributed by atoms with van der Waals surface area (Å²) >= 11 is 1.47. The van der Waals surface area contributed by atoms with Gasteiger partial charge in [0, 0.05) is 28.2 Å². The quantitative estimate of drug-likeness (QED) is 0.766. The van der Waals surface area contributed by atoms with Crippen LogP contribution in [-0.4, -0.2) is 15.1 Å². The molecule has 0 aliphatic rings. The molecule has 0 saturated heterocycles. The van der Waals surface area contributed by atoms with Gasteiger partial charge in [0.15, 0.2) is 0 Å². The van der Waals surface area contributed by atoms with Crippen molar-refractivity contribution in [1.29, 1.82) is 0 Å². The summed E-state index contributed by atoms with van der Waals surface area (Å²) in [6.07, 6.45) is 1.02. The Balaban J connectivity index is 2.03. The molecule has 0 fully saturated rings. The summed E-state index contributed by atoms with van der Waals surface area (Å²) in [4.78, 5) is 8.66. The van der Waals surface area contributed by atoms with Crippen LogP contribution >= 0.6 is 11.3 Å². The van der Waals surface area contributed by atoms with Gasteiger partial charge in [-0.2, -0.15) is 0 Å². The predicted octanol–water partition coefficient (Wildman–Crippen LogP) is 3.08. The van der Waals surface area contributed by atoms with Crippen LogP contribution in [0.25, 0.3) is 10.9 Å². The molecule has 0 amide bonds. The van der Waals surface area contributed by atoms with Crippen LogP contribution in [0, 0.1) is 6.92 Å². The highest BCUT2D eigenvalue weighted by molar-refractivity contribution is 7.09. The van der Waals surface area contributed by atoms with E-state index in [-0.39, 0.29) is 0 Å². The molecule has 0 bridgehead atoms. The molecule has 4 heteroatoms. The predicted molar refractivity (Wildman–Crippen MR) is 72.7 cm³/mol. The van der Waals surface area contributed by atoms with E-state index in [0.717, 1.165) is 22.2 Å². The van der Waals surface area contributed by atoms with Crippen molar-refractivity contribution in [2.24, 2.45) is 0 Å². The molecule has 18 heavy (non-hydrogen) atoms. The summed E-state index contributed by atoms with van der Waals surface area (Å²) in [5.74, 6) is 0. The summed E-state index contributed by atoms with van der Waals surface area (Å²) in [6.45, 7) is 1.92. The zero-order chi connectivity index (χ0) is 12.5. The number of thiazole rings is 1. The second kappa shape index (κ2) is 4.48. The third-order valence-corrected chi connectivity index (χ3v) is 3.81.